The van der Waals surface area contributed by atoms with Gasteiger partial charge in [-0.1, -0.05) is 18.2 Å². The molecule has 2 aromatic carbocycles. The second-order valence-corrected chi connectivity index (χ2v) is 4.65. The summed E-state index contributed by atoms with van der Waals surface area (Å²) in [4.78, 5) is 11.4. The van der Waals surface area contributed by atoms with E-state index in [9.17, 15) is 4.79 Å². The molecule has 0 aliphatic heterocycles. The predicted octanol–water partition coefficient (Wildman–Crippen LogP) is 2.30. The molecule has 3 aromatic rings. The highest BCUT2D eigenvalue weighted by Crippen LogP contribution is 2.18. The summed E-state index contributed by atoms with van der Waals surface area (Å²) in [6, 6.07) is 13.6. The summed E-state index contributed by atoms with van der Waals surface area (Å²) in [5.41, 5.74) is 10.2. The Balaban J connectivity index is 2.02. The SMILES string of the molecule is Cn1c(=O)oc2ccc(Cc3cccc(N)c3)cc21. The summed E-state index contributed by atoms with van der Waals surface area (Å²) in [6.07, 6.45) is 0.778. The Labute approximate surface area is 110 Å². The van der Waals surface area contributed by atoms with Gasteiger partial charge in [-0.25, -0.2) is 4.79 Å². The fourth-order valence-electron chi connectivity index (χ4n) is 2.22. The fraction of sp³-hybridized carbons (Fsp3) is 0.133. The van der Waals surface area contributed by atoms with Crippen LogP contribution >= 0.6 is 0 Å². The summed E-state index contributed by atoms with van der Waals surface area (Å²) in [6.45, 7) is 0. The molecule has 2 N–H and O–H groups in total. The fourth-order valence-corrected chi connectivity index (χ4v) is 2.22. The van der Waals surface area contributed by atoms with E-state index in [4.69, 9.17) is 10.2 Å². The van der Waals surface area contributed by atoms with Crippen LogP contribution in [0.4, 0.5) is 5.69 Å². The summed E-state index contributed by atoms with van der Waals surface area (Å²) < 4.78 is 6.62. The molecule has 0 saturated heterocycles. The van der Waals surface area contributed by atoms with Crippen LogP contribution in [0.3, 0.4) is 0 Å². The standard InChI is InChI=1S/C15H14N2O2/c1-17-13-9-11(5-6-14(13)19-15(17)18)7-10-3-2-4-12(16)8-10/h2-6,8-9H,7,16H2,1H3. The van der Waals surface area contributed by atoms with Gasteiger partial charge in [-0.15, -0.1) is 0 Å². The Morgan fingerprint density at radius 1 is 1.16 bits per heavy atom. The van der Waals surface area contributed by atoms with Gasteiger partial charge in [0, 0.05) is 12.7 Å². The van der Waals surface area contributed by atoms with Crippen LogP contribution in [0.1, 0.15) is 11.1 Å². The maximum Gasteiger partial charge on any atom is 0.419 e. The average Bonchev–Trinajstić information content (AvgIpc) is 2.66. The first-order valence-electron chi connectivity index (χ1n) is 6.06. The monoisotopic (exact) mass is 254 g/mol. The number of nitrogens with zero attached hydrogens (tertiary/aromatic N) is 1. The molecule has 0 radical (unpaired) electrons. The maximum absolute atomic E-state index is 11.4. The molecule has 0 saturated carbocycles. The van der Waals surface area contributed by atoms with Crippen molar-refractivity contribution < 1.29 is 4.42 Å². The molecular formula is C15H14N2O2. The zero-order valence-electron chi connectivity index (χ0n) is 10.6. The van der Waals surface area contributed by atoms with Crippen molar-refractivity contribution in [3.05, 3.63) is 64.1 Å². The third-order valence-corrected chi connectivity index (χ3v) is 3.22. The minimum absolute atomic E-state index is 0.337. The van der Waals surface area contributed by atoms with E-state index >= 15 is 0 Å². The van der Waals surface area contributed by atoms with Gasteiger partial charge in [0.25, 0.3) is 0 Å². The number of aryl methyl sites for hydroxylation is 1. The first-order valence-corrected chi connectivity index (χ1v) is 6.06. The van der Waals surface area contributed by atoms with Gasteiger partial charge in [0.1, 0.15) is 0 Å². The van der Waals surface area contributed by atoms with Gasteiger partial charge in [0.15, 0.2) is 5.58 Å². The summed E-state index contributed by atoms with van der Waals surface area (Å²) in [7, 11) is 1.71. The van der Waals surface area contributed by atoms with Crippen LogP contribution in [0.25, 0.3) is 11.1 Å². The molecule has 4 heteroatoms. The van der Waals surface area contributed by atoms with E-state index in [1.165, 1.54) is 4.57 Å². The summed E-state index contributed by atoms with van der Waals surface area (Å²) in [5, 5.41) is 0. The van der Waals surface area contributed by atoms with Crippen molar-refractivity contribution in [2.45, 2.75) is 6.42 Å². The van der Waals surface area contributed by atoms with Gasteiger partial charge >= 0.3 is 5.76 Å². The van der Waals surface area contributed by atoms with Crippen LogP contribution in [0, 0.1) is 0 Å². The lowest BCUT2D eigenvalue weighted by molar-refractivity contribution is 0.528. The molecule has 0 atom stereocenters. The van der Waals surface area contributed by atoms with Gasteiger partial charge in [-0.05, 0) is 41.8 Å². The zero-order chi connectivity index (χ0) is 13.4. The molecule has 0 aliphatic carbocycles. The topological polar surface area (TPSA) is 61.2 Å². The first-order chi connectivity index (χ1) is 9.13. The van der Waals surface area contributed by atoms with Gasteiger partial charge in [-0.3, -0.25) is 4.57 Å². The lowest BCUT2D eigenvalue weighted by atomic mass is 10.0. The number of aromatic nitrogens is 1. The van der Waals surface area contributed by atoms with E-state index in [0.717, 1.165) is 28.8 Å². The average molecular weight is 254 g/mol. The van der Waals surface area contributed by atoms with E-state index in [2.05, 4.69) is 0 Å². The number of rotatable bonds is 2. The number of nitrogen functional groups attached to an aromatic ring is 1. The van der Waals surface area contributed by atoms with Crippen LogP contribution in [0.15, 0.2) is 51.7 Å². The molecule has 0 aliphatic rings. The minimum atomic E-state index is -0.337. The lowest BCUT2D eigenvalue weighted by Gasteiger charge is -2.03. The van der Waals surface area contributed by atoms with Gasteiger partial charge in [0.2, 0.25) is 0 Å². The molecule has 0 fully saturated rings. The van der Waals surface area contributed by atoms with Crippen molar-refractivity contribution in [3.63, 3.8) is 0 Å². The molecule has 3 rings (SSSR count). The largest absolute Gasteiger partial charge is 0.419 e. The maximum atomic E-state index is 11.4. The van der Waals surface area contributed by atoms with Crippen molar-refractivity contribution in [1.29, 1.82) is 0 Å². The van der Waals surface area contributed by atoms with E-state index < -0.39 is 0 Å². The molecule has 1 aromatic heterocycles. The number of anilines is 1. The second kappa shape index (κ2) is 4.31. The van der Waals surface area contributed by atoms with Crippen LogP contribution in [0.5, 0.6) is 0 Å². The van der Waals surface area contributed by atoms with Gasteiger partial charge in [0.05, 0.1) is 5.52 Å². The molecule has 96 valence electrons. The smallest absolute Gasteiger partial charge is 0.408 e. The molecule has 4 nitrogen and oxygen atoms in total. The molecule has 0 spiro atoms. The third-order valence-electron chi connectivity index (χ3n) is 3.22. The number of oxazole rings is 1. The van der Waals surface area contributed by atoms with Crippen molar-refractivity contribution in [2.75, 3.05) is 5.73 Å². The lowest BCUT2D eigenvalue weighted by Crippen LogP contribution is -2.08. The zero-order valence-corrected chi connectivity index (χ0v) is 10.6. The highest BCUT2D eigenvalue weighted by molar-refractivity contribution is 5.73. The molecule has 0 amide bonds. The van der Waals surface area contributed by atoms with Gasteiger partial charge in [-0.2, -0.15) is 0 Å². The third kappa shape index (κ3) is 2.12. The number of nitrogens with two attached hydrogens (primary N) is 1. The Hall–Kier alpha value is -2.49. The van der Waals surface area contributed by atoms with Crippen LogP contribution in [-0.2, 0) is 13.5 Å². The molecule has 0 unspecified atom stereocenters. The van der Waals surface area contributed by atoms with E-state index in [0.29, 0.717) is 5.58 Å². The van der Waals surface area contributed by atoms with Crippen molar-refractivity contribution >= 4 is 16.8 Å². The molecule has 1 heterocycles. The first kappa shape index (κ1) is 11.6. The van der Waals surface area contributed by atoms with Gasteiger partial charge < -0.3 is 10.2 Å². The highest BCUT2D eigenvalue weighted by atomic mass is 16.4. The van der Waals surface area contributed by atoms with E-state index in [1.807, 2.05) is 42.5 Å². The van der Waals surface area contributed by atoms with Crippen molar-refractivity contribution in [2.24, 2.45) is 7.05 Å². The van der Waals surface area contributed by atoms with E-state index in [-0.39, 0.29) is 5.76 Å². The number of fused-ring (bicyclic) bond motifs is 1. The number of benzene rings is 2. The Morgan fingerprint density at radius 2 is 1.95 bits per heavy atom. The van der Waals surface area contributed by atoms with Crippen molar-refractivity contribution in [3.8, 4) is 0 Å². The second-order valence-electron chi connectivity index (χ2n) is 4.65. The summed E-state index contributed by atoms with van der Waals surface area (Å²) in [5.74, 6) is -0.337. The number of hydrogen-bond acceptors (Lipinski definition) is 3. The van der Waals surface area contributed by atoms with E-state index in [1.54, 1.807) is 7.05 Å². The summed E-state index contributed by atoms with van der Waals surface area (Å²) >= 11 is 0. The van der Waals surface area contributed by atoms with Crippen molar-refractivity contribution in [1.82, 2.24) is 4.57 Å². The number of hydrogen-bond donors (Lipinski definition) is 1. The molecular weight excluding hydrogens is 240 g/mol. The molecule has 19 heavy (non-hydrogen) atoms. The molecule has 0 bridgehead atoms. The highest BCUT2D eigenvalue weighted by Gasteiger charge is 2.06. The van der Waals surface area contributed by atoms with Crippen LogP contribution in [0.2, 0.25) is 0 Å². The Bertz CT molecular complexity index is 799. The minimum Gasteiger partial charge on any atom is -0.408 e. The van der Waals surface area contributed by atoms with Crippen LogP contribution < -0.4 is 11.5 Å². The quantitative estimate of drug-likeness (QED) is 0.714. The van der Waals surface area contributed by atoms with Crippen LogP contribution in [-0.4, -0.2) is 4.57 Å². The Morgan fingerprint density at radius 3 is 2.74 bits per heavy atom. The predicted molar refractivity (Wildman–Crippen MR) is 75.1 cm³/mol. The Kier molecular flexibility index (Phi) is 2.63. The normalized spacial score (nSPS) is 11.0.